The number of rotatable bonds is 5. The summed E-state index contributed by atoms with van der Waals surface area (Å²) in [6, 6.07) is 8.24. The Balaban J connectivity index is 2.15. The van der Waals surface area contributed by atoms with Gasteiger partial charge in [0.25, 0.3) is 0 Å². The second-order valence-corrected chi connectivity index (χ2v) is 6.30. The quantitative estimate of drug-likeness (QED) is 0.884. The van der Waals surface area contributed by atoms with Crippen molar-refractivity contribution in [1.82, 2.24) is 4.72 Å². The highest BCUT2D eigenvalue weighted by Crippen LogP contribution is 2.35. The summed E-state index contributed by atoms with van der Waals surface area (Å²) >= 11 is 0. The van der Waals surface area contributed by atoms with Gasteiger partial charge in [0.15, 0.2) is 0 Å². The van der Waals surface area contributed by atoms with E-state index in [1.54, 1.807) is 12.1 Å². The van der Waals surface area contributed by atoms with Gasteiger partial charge < -0.3 is 0 Å². The number of sulfonamides is 1. The molecule has 0 heterocycles. The predicted molar refractivity (Wildman–Crippen MR) is 68.3 cm³/mol. The lowest BCUT2D eigenvalue weighted by molar-refractivity contribution is 0.573. The lowest BCUT2D eigenvalue weighted by Gasteiger charge is -2.07. The van der Waals surface area contributed by atoms with Gasteiger partial charge in [0.2, 0.25) is 10.0 Å². The van der Waals surface area contributed by atoms with Crippen molar-refractivity contribution in [3.63, 3.8) is 0 Å². The predicted octanol–water partition coefficient (Wildman–Crippen LogP) is 2.03. The molecule has 1 aromatic rings. The normalized spacial score (nSPS) is 22.4. The fraction of sp³-hybridized carbons (Fsp3) is 0.462. The molecule has 1 aliphatic rings. The zero-order valence-electron chi connectivity index (χ0n) is 10.3. The molecular weight excluding hydrogens is 248 g/mol. The molecule has 2 unspecified atom stereocenters. The van der Waals surface area contributed by atoms with Crippen molar-refractivity contribution in [3.05, 3.63) is 29.8 Å². The second kappa shape index (κ2) is 5.09. The lowest BCUT2D eigenvalue weighted by Crippen LogP contribution is -2.27. The van der Waals surface area contributed by atoms with Gasteiger partial charge >= 0.3 is 0 Å². The molecule has 1 aliphatic carbocycles. The van der Waals surface area contributed by atoms with Gasteiger partial charge in [-0.3, -0.25) is 0 Å². The van der Waals surface area contributed by atoms with E-state index < -0.39 is 10.0 Å². The molecule has 0 radical (unpaired) electrons. The molecule has 0 aliphatic heterocycles. The SMILES string of the molecule is CCCC1CC1NS(=O)(=O)c1ccccc1C#N. The molecule has 5 heteroatoms. The first kappa shape index (κ1) is 13.1. The van der Waals surface area contributed by atoms with E-state index >= 15 is 0 Å². The number of hydrogen-bond acceptors (Lipinski definition) is 3. The van der Waals surface area contributed by atoms with Crippen LogP contribution >= 0.6 is 0 Å². The van der Waals surface area contributed by atoms with Crippen molar-refractivity contribution < 1.29 is 8.42 Å². The zero-order valence-corrected chi connectivity index (χ0v) is 11.1. The van der Waals surface area contributed by atoms with Gasteiger partial charge in [0.1, 0.15) is 6.07 Å². The second-order valence-electron chi connectivity index (χ2n) is 4.62. The van der Waals surface area contributed by atoms with Crippen molar-refractivity contribution in [2.75, 3.05) is 0 Å². The molecule has 1 aromatic carbocycles. The van der Waals surface area contributed by atoms with Crippen LogP contribution in [0.3, 0.4) is 0 Å². The van der Waals surface area contributed by atoms with Crippen LogP contribution in [0.2, 0.25) is 0 Å². The zero-order chi connectivity index (χ0) is 13.2. The number of nitriles is 1. The molecule has 0 bridgehead atoms. The summed E-state index contributed by atoms with van der Waals surface area (Å²) in [6.07, 6.45) is 3.02. The maximum atomic E-state index is 12.1. The highest BCUT2D eigenvalue weighted by Gasteiger charge is 2.39. The van der Waals surface area contributed by atoms with Gasteiger partial charge in [0, 0.05) is 6.04 Å². The molecule has 4 nitrogen and oxygen atoms in total. The van der Waals surface area contributed by atoms with E-state index in [1.165, 1.54) is 12.1 Å². The molecule has 0 amide bonds. The van der Waals surface area contributed by atoms with Crippen LogP contribution in [0.15, 0.2) is 29.2 Å². The number of hydrogen-bond donors (Lipinski definition) is 1. The summed E-state index contributed by atoms with van der Waals surface area (Å²) in [7, 11) is -3.56. The van der Waals surface area contributed by atoms with Crippen LogP contribution in [0.4, 0.5) is 0 Å². The van der Waals surface area contributed by atoms with Crippen molar-refractivity contribution in [2.45, 2.75) is 37.1 Å². The first-order valence-corrected chi connectivity index (χ1v) is 7.58. The lowest BCUT2D eigenvalue weighted by atomic mass is 10.2. The Bertz CT molecular complexity index is 575. The molecule has 2 rings (SSSR count). The summed E-state index contributed by atoms with van der Waals surface area (Å²) in [5, 5.41) is 8.93. The Hall–Kier alpha value is -1.38. The summed E-state index contributed by atoms with van der Waals surface area (Å²) in [5.41, 5.74) is 0.192. The average Bonchev–Trinajstić information content (AvgIpc) is 3.07. The van der Waals surface area contributed by atoms with E-state index in [0.717, 1.165) is 19.3 Å². The van der Waals surface area contributed by atoms with Gasteiger partial charge in [-0.15, -0.1) is 0 Å². The Labute approximate surface area is 108 Å². The molecule has 0 aromatic heterocycles. The topological polar surface area (TPSA) is 70.0 Å². The van der Waals surface area contributed by atoms with E-state index in [-0.39, 0.29) is 16.5 Å². The smallest absolute Gasteiger partial charge is 0.208 e. The summed E-state index contributed by atoms with van der Waals surface area (Å²) in [6.45, 7) is 2.09. The Morgan fingerprint density at radius 3 is 2.83 bits per heavy atom. The van der Waals surface area contributed by atoms with E-state index in [4.69, 9.17) is 5.26 Å². The van der Waals surface area contributed by atoms with E-state index in [2.05, 4.69) is 11.6 Å². The van der Waals surface area contributed by atoms with Gasteiger partial charge in [-0.2, -0.15) is 5.26 Å². The molecule has 1 saturated carbocycles. The molecular formula is C13H16N2O2S. The van der Waals surface area contributed by atoms with Gasteiger partial charge in [-0.1, -0.05) is 25.5 Å². The van der Waals surface area contributed by atoms with Crippen LogP contribution in [-0.4, -0.2) is 14.5 Å². The minimum absolute atomic E-state index is 0.0432. The standard InChI is InChI=1S/C13H16N2O2S/c1-2-5-10-8-12(10)15-18(16,17)13-7-4-3-6-11(13)9-14/h3-4,6-7,10,12,15H,2,5,8H2,1H3. The summed E-state index contributed by atoms with van der Waals surface area (Å²) in [5.74, 6) is 0.457. The highest BCUT2D eigenvalue weighted by atomic mass is 32.2. The summed E-state index contributed by atoms with van der Waals surface area (Å²) in [4.78, 5) is 0.0784. The third-order valence-corrected chi connectivity index (χ3v) is 4.73. The van der Waals surface area contributed by atoms with Gasteiger partial charge in [-0.25, -0.2) is 13.1 Å². The minimum atomic E-state index is -3.56. The molecule has 1 N–H and O–H groups in total. The van der Waals surface area contributed by atoms with E-state index in [9.17, 15) is 8.42 Å². The molecule has 18 heavy (non-hydrogen) atoms. The van der Waals surface area contributed by atoms with Crippen molar-refractivity contribution in [3.8, 4) is 6.07 Å². The number of benzene rings is 1. The van der Waals surface area contributed by atoms with Crippen molar-refractivity contribution >= 4 is 10.0 Å². The number of nitrogens with zero attached hydrogens (tertiary/aromatic N) is 1. The van der Waals surface area contributed by atoms with Gasteiger partial charge in [0.05, 0.1) is 10.5 Å². The van der Waals surface area contributed by atoms with Crippen LogP contribution in [-0.2, 0) is 10.0 Å². The number of nitrogens with one attached hydrogen (secondary N) is 1. The molecule has 96 valence electrons. The molecule has 2 atom stereocenters. The average molecular weight is 264 g/mol. The highest BCUT2D eigenvalue weighted by molar-refractivity contribution is 7.89. The monoisotopic (exact) mass is 264 g/mol. The van der Waals surface area contributed by atoms with Crippen LogP contribution in [0.25, 0.3) is 0 Å². The van der Waals surface area contributed by atoms with Crippen LogP contribution < -0.4 is 4.72 Å². The molecule has 0 saturated heterocycles. The summed E-state index contributed by atoms with van der Waals surface area (Å²) < 4.78 is 27.0. The van der Waals surface area contributed by atoms with Crippen LogP contribution in [0.1, 0.15) is 31.7 Å². The first-order valence-electron chi connectivity index (χ1n) is 6.10. The van der Waals surface area contributed by atoms with E-state index in [0.29, 0.717) is 5.92 Å². The molecule has 0 spiro atoms. The fourth-order valence-corrected chi connectivity index (χ4v) is 3.61. The van der Waals surface area contributed by atoms with Gasteiger partial charge in [-0.05, 0) is 30.9 Å². The third-order valence-electron chi connectivity index (χ3n) is 3.19. The van der Waals surface area contributed by atoms with Crippen molar-refractivity contribution in [2.24, 2.45) is 5.92 Å². The largest absolute Gasteiger partial charge is 0.242 e. The third kappa shape index (κ3) is 2.71. The fourth-order valence-electron chi connectivity index (χ4n) is 2.14. The Morgan fingerprint density at radius 1 is 1.44 bits per heavy atom. The first-order chi connectivity index (χ1) is 8.58. The Kier molecular flexibility index (Phi) is 3.69. The van der Waals surface area contributed by atoms with Crippen molar-refractivity contribution in [1.29, 1.82) is 5.26 Å². The maximum absolute atomic E-state index is 12.1. The maximum Gasteiger partial charge on any atom is 0.242 e. The Morgan fingerprint density at radius 2 is 2.17 bits per heavy atom. The van der Waals surface area contributed by atoms with E-state index in [1.807, 2.05) is 6.07 Å². The van der Waals surface area contributed by atoms with Crippen LogP contribution in [0, 0.1) is 17.2 Å². The molecule has 1 fully saturated rings. The van der Waals surface area contributed by atoms with Crippen LogP contribution in [0.5, 0.6) is 0 Å². The minimum Gasteiger partial charge on any atom is -0.208 e.